The molecule has 134 valence electrons. The van der Waals surface area contributed by atoms with Crippen molar-refractivity contribution in [3.05, 3.63) is 0 Å². The maximum atomic E-state index is 2.36. The molecule has 0 aromatic rings. The molecule has 0 aliphatic heterocycles. The lowest BCUT2D eigenvalue weighted by atomic mass is 9.58. The van der Waals surface area contributed by atoms with Crippen LogP contribution in [-0.4, -0.2) is 0 Å². The summed E-state index contributed by atoms with van der Waals surface area (Å²) in [5, 5.41) is 0. The van der Waals surface area contributed by atoms with Crippen molar-refractivity contribution < 1.29 is 0 Å². The molecule has 0 aromatic heterocycles. The topological polar surface area (TPSA) is 0 Å². The summed E-state index contributed by atoms with van der Waals surface area (Å²) in [4.78, 5) is 0. The third-order valence-corrected chi connectivity index (χ3v) is 10.6. The molecular weight excluding hydrogens is 288 g/mol. The van der Waals surface area contributed by atoms with E-state index < -0.39 is 0 Å². The second-order valence-corrected chi connectivity index (χ2v) is 11.3. The second kappa shape index (κ2) is 4.45. The van der Waals surface area contributed by atoms with E-state index in [0.29, 0.717) is 0 Å². The monoisotopic (exact) mass is 326 g/mol. The van der Waals surface area contributed by atoms with Gasteiger partial charge in [-0.15, -0.1) is 0 Å². The Hall–Kier alpha value is 0. The van der Waals surface area contributed by atoms with Crippen LogP contribution in [0.5, 0.6) is 0 Å². The van der Waals surface area contributed by atoms with Crippen LogP contribution in [-0.2, 0) is 0 Å². The molecule has 0 aromatic carbocycles. The Balaban J connectivity index is 1.26. The van der Waals surface area contributed by atoms with Gasteiger partial charge in [-0.1, -0.05) is 32.6 Å². The summed E-state index contributed by atoms with van der Waals surface area (Å²) in [6.45, 7) is 2.36. The van der Waals surface area contributed by atoms with Crippen LogP contribution in [0, 0.1) is 33.0 Å². The fourth-order valence-corrected chi connectivity index (χ4v) is 8.82. The Labute approximate surface area is 149 Å². The average molecular weight is 327 g/mol. The first-order chi connectivity index (χ1) is 11.7. The molecule has 0 saturated heterocycles. The first kappa shape index (κ1) is 15.1. The molecule has 0 N–H and O–H groups in total. The Morgan fingerprint density at radius 3 is 1.67 bits per heavy atom. The molecule has 0 unspecified atom stereocenters. The van der Waals surface area contributed by atoms with Crippen LogP contribution in [0.3, 0.4) is 0 Å². The van der Waals surface area contributed by atoms with Gasteiger partial charge in [0, 0.05) is 0 Å². The van der Waals surface area contributed by atoms with Gasteiger partial charge >= 0.3 is 0 Å². The summed E-state index contributed by atoms with van der Waals surface area (Å²) in [5.74, 6) is 1.19. The zero-order valence-corrected chi connectivity index (χ0v) is 16.1. The maximum absolute atomic E-state index is 2.36. The third kappa shape index (κ3) is 1.64. The molecule has 6 rings (SSSR count). The van der Waals surface area contributed by atoms with Crippen molar-refractivity contribution in [1.82, 2.24) is 0 Å². The van der Waals surface area contributed by atoms with Crippen molar-refractivity contribution in [2.45, 2.75) is 116 Å². The summed E-state index contributed by atoms with van der Waals surface area (Å²) in [7, 11) is 0. The van der Waals surface area contributed by atoms with Crippen LogP contribution in [0.25, 0.3) is 0 Å². The van der Waals surface area contributed by atoms with Crippen molar-refractivity contribution >= 4 is 0 Å². The minimum absolute atomic E-state index is 0.854. The standard InChI is InChI=1S/C24H38/c1-2-3-4-5-8-20(9-10-20)22(13-14-22)24(17-18-24)23(15-16-23)21(11-12-21)19-6-7-19/h19H,2-18H2,1H3. The van der Waals surface area contributed by atoms with Crippen LogP contribution < -0.4 is 0 Å². The highest BCUT2D eigenvalue weighted by molar-refractivity contribution is 5.36. The number of unbranched alkanes of at least 4 members (excludes halogenated alkanes) is 3. The van der Waals surface area contributed by atoms with Crippen LogP contribution in [0.1, 0.15) is 116 Å². The highest BCUT2D eigenvalue weighted by Gasteiger charge is 2.87. The van der Waals surface area contributed by atoms with Crippen LogP contribution in [0.4, 0.5) is 0 Å². The summed E-state index contributed by atoms with van der Waals surface area (Å²) in [6, 6.07) is 0. The van der Waals surface area contributed by atoms with E-state index in [-0.39, 0.29) is 0 Å². The van der Waals surface area contributed by atoms with Gasteiger partial charge in [-0.25, -0.2) is 0 Å². The normalized spacial score (nSPS) is 36.9. The molecule has 6 aliphatic carbocycles. The largest absolute Gasteiger partial charge is 0.0654 e. The quantitative estimate of drug-likeness (QED) is 0.370. The van der Waals surface area contributed by atoms with Gasteiger partial charge in [0.1, 0.15) is 0 Å². The molecule has 0 heterocycles. The molecule has 6 aliphatic rings. The fourth-order valence-electron chi connectivity index (χ4n) is 8.82. The SMILES string of the molecule is CCCCCCC1(C2(C3(C4(C5(C6CC6)CC5)CC4)CC3)CC2)CC1. The molecule has 0 amide bonds. The number of rotatable bonds is 10. The lowest BCUT2D eigenvalue weighted by Crippen LogP contribution is -2.40. The van der Waals surface area contributed by atoms with Crippen molar-refractivity contribution in [3.63, 3.8) is 0 Å². The second-order valence-electron chi connectivity index (χ2n) is 11.3. The van der Waals surface area contributed by atoms with Crippen LogP contribution in [0.2, 0.25) is 0 Å². The zero-order valence-electron chi connectivity index (χ0n) is 16.1. The minimum atomic E-state index is 0.854. The predicted molar refractivity (Wildman–Crippen MR) is 99.8 cm³/mol. The van der Waals surface area contributed by atoms with Gasteiger partial charge in [0.15, 0.2) is 0 Å². The van der Waals surface area contributed by atoms with E-state index in [0.717, 1.165) is 27.1 Å². The summed E-state index contributed by atoms with van der Waals surface area (Å²) in [6.07, 6.45) is 27.2. The molecule has 24 heavy (non-hydrogen) atoms. The smallest absolute Gasteiger partial charge is 0.0173 e. The van der Waals surface area contributed by atoms with E-state index in [1.165, 1.54) is 25.2 Å². The van der Waals surface area contributed by atoms with Crippen LogP contribution >= 0.6 is 0 Å². The highest BCUT2D eigenvalue weighted by atomic mass is 14.9. The van der Waals surface area contributed by atoms with Crippen molar-refractivity contribution in [2.75, 3.05) is 0 Å². The Morgan fingerprint density at radius 2 is 1.25 bits per heavy atom. The number of hydrogen-bond acceptors (Lipinski definition) is 0. The molecule has 0 bridgehead atoms. The molecule has 0 atom stereocenters. The van der Waals surface area contributed by atoms with Crippen LogP contribution in [0.15, 0.2) is 0 Å². The van der Waals surface area contributed by atoms with Crippen molar-refractivity contribution in [3.8, 4) is 0 Å². The van der Waals surface area contributed by atoms with E-state index in [1.54, 1.807) is 89.9 Å². The maximum Gasteiger partial charge on any atom is -0.0173 e. The zero-order chi connectivity index (χ0) is 16.1. The van der Waals surface area contributed by atoms with E-state index >= 15 is 0 Å². The van der Waals surface area contributed by atoms with Gasteiger partial charge in [0.2, 0.25) is 0 Å². The van der Waals surface area contributed by atoms with Gasteiger partial charge in [-0.3, -0.25) is 0 Å². The summed E-state index contributed by atoms with van der Waals surface area (Å²) in [5.41, 5.74) is 4.38. The molecule has 0 nitrogen and oxygen atoms in total. The van der Waals surface area contributed by atoms with Crippen molar-refractivity contribution in [1.29, 1.82) is 0 Å². The molecular formula is C24H38. The Kier molecular flexibility index (Phi) is 2.80. The number of hydrogen-bond donors (Lipinski definition) is 0. The average Bonchev–Trinajstić information content (AvgIpc) is 3.35. The lowest BCUT2D eigenvalue weighted by molar-refractivity contribution is 0.0177. The molecule has 0 radical (unpaired) electrons. The Bertz CT molecular complexity index is 530. The van der Waals surface area contributed by atoms with Gasteiger partial charge < -0.3 is 0 Å². The summed E-state index contributed by atoms with van der Waals surface area (Å²) < 4.78 is 0. The molecule has 0 heteroatoms. The van der Waals surface area contributed by atoms with Gasteiger partial charge in [-0.2, -0.15) is 0 Å². The third-order valence-electron chi connectivity index (χ3n) is 10.6. The first-order valence-corrected chi connectivity index (χ1v) is 11.7. The summed E-state index contributed by atoms with van der Waals surface area (Å²) >= 11 is 0. The van der Waals surface area contributed by atoms with Gasteiger partial charge in [-0.05, 0) is 116 Å². The van der Waals surface area contributed by atoms with E-state index in [2.05, 4.69) is 6.92 Å². The molecule has 6 fully saturated rings. The minimum Gasteiger partial charge on any atom is -0.0654 e. The van der Waals surface area contributed by atoms with E-state index in [1.807, 2.05) is 0 Å². The fraction of sp³-hybridized carbons (Fsp3) is 1.00. The van der Waals surface area contributed by atoms with E-state index in [4.69, 9.17) is 0 Å². The lowest BCUT2D eigenvalue weighted by Gasteiger charge is -2.45. The van der Waals surface area contributed by atoms with Crippen molar-refractivity contribution in [2.24, 2.45) is 33.0 Å². The molecule has 0 spiro atoms. The molecule has 6 saturated carbocycles. The Morgan fingerprint density at radius 1 is 0.625 bits per heavy atom. The van der Waals surface area contributed by atoms with Gasteiger partial charge in [0.05, 0.1) is 0 Å². The predicted octanol–water partition coefficient (Wildman–Crippen LogP) is 7.27. The van der Waals surface area contributed by atoms with E-state index in [9.17, 15) is 0 Å². The van der Waals surface area contributed by atoms with Gasteiger partial charge in [0.25, 0.3) is 0 Å². The first-order valence-electron chi connectivity index (χ1n) is 11.7. The highest BCUT2D eigenvalue weighted by Crippen LogP contribution is 2.96.